The molecular weight excluding hydrogens is 907 g/mol. The van der Waals surface area contributed by atoms with Gasteiger partial charge in [-0.2, -0.15) is 4.86 Å². The minimum absolute atomic E-state index is 0.0501. The summed E-state index contributed by atoms with van der Waals surface area (Å²) in [5.74, 6) is -8.17. The molecule has 0 aromatic heterocycles. The lowest BCUT2D eigenvalue weighted by Gasteiger charge is -2.49. The summed E-state index contributed by atoms with van der Waals surface area (Å²) in [7, 11) is -14.0. The number of carbonyl (C=O) groups is 5. The third-order valence-electron chi connectivity index (χ3n) is 8.59. The van der Waals surface area contributed by atoms with Gasteiger partial charge in [0, 0.05) is 0 Å². The molecule has 0 amide bonds. The molecule has 65 heavy (non-hydrogen) atoms. The van der Waals surface area contributed by atoms with Crippen LogP contribution in [0.3, 0.4) is 0 Å². The second kappa shape index (κ2) is 18.9. The number of aromatic carboxylic acids is 5. The number of carboxylic acid groups (broad SMARTS) is 5. The second-order valence-electron chi connectivity index (χ2n) is 13.1. The Morgan fingerprint density at radius 3 is 1.02 bits per heavy atom. The highest BCUT2D eigenvalue weighted by Crippen LogP contribution is 2.96. The van der Waals surface area contributed by atoms with Crippen LogP contribution in [-0.2, 0) is 0 Å². The van der Waals surface area contributed by atoms with E-state index in [-0.39, 0.29) is 62.3 Å². The molecule has 0 bridgehead atoms. The van der Waals surface area contributed by atoms with Crippen LogP contribution in [0, 0.1) is 0 Å². The van der Waals surface area contributed by atoms with Crippen molar-refractivity contribution in [2.75, 3.05) is 0 Å². The molecule has 6 aromatic carbocycles. The van der Waals surface area contributed by atoms with E-state index in [2.05, 4.69) is 6.58 Å². The molecular formula is C43H27N3O16P3-5. The van der Waals surface area contributed by atoms with Gasteiger partial charge in [0.25, 0.3) is 8.02 Å². The minimum Gasteiger partial charge on any atom is -0.545 e. The van der Waals surface area contributed by atoms with Crippen LogP contribution >= 0.6 is 23.7 Å². The number of hydrogen-bond acceptors (Lipinski definition) is 17. The van der Waals surface area contributed by atoms with Crippen LogP contribution < -0.4 is 52.7 Å². The highest BCUT2D eigenvalue weighted by Gasteiger charge is 2.57. The lowest BCUT2D eigenvalue weighted by Crippen LogP contribution is -2.22. The number of benzene rings is 6. The highest BCUT2D eigenvalue weighted by atomic mass is 31.3. The van der Waals surface area contributed by atoms with Gasteiger partial charge in [0.1, 0.15) is 11.5 Å². The molecule has 0 saturated heterocycles. The van der Waals surface area contributed by atoms with E-state index in [1.165, 1.54) is 72.8 Å². The largest absolute Gasteiger partial charge is 0.545 e. The molecule has 0 aliphatic carbocycles. The standard InChI is InChI=1S/C43H32N3O16P3/c1-2-27-3-15-33(16-4-27)57-63(58-34-17-5-28(6-18-34)39(47)48)44-64(59-35-19-7-29(8-20-35)40(49)50,60-36-21-9-30(10-22-36)41(51)52)46-65(45-63,61-37-23-11-31(12-24-37)42(53)54)62-38-25-13-32(14-26-38)43(55)56/h2-26H,1H2,(H,47,48)(H,49,50)(H,51,52)(H,53,54)(H,55,56)/p-5. The zero-order chi connectivity index (χ0) is 46.4. The van der Waals surface area contributed by atoms with Crippen molar-refractivity contribution in [1.29, 1.82) is 0 Å². The summed E-state index contributed by atoms with van der Waals surface area (Å²) in [5.41, 5.74) is -0.567. The predicted octanol–water partition coefficient (Wildman–Crippen LogP) is 4.98. The maximum atomic E-state index is 11.7. The van der Waals surface area contributed by atoms with Gasteiger partial charge in [0.15, 0.2) is 23.0 Å². The van der Waals surface area contributed by atoms with Gasteiger partial charge in [-0.05, 0) is 171 Å². The fourth-order valence-corrected chi connectivity index (χ4v) is 14.6. The summed E-state index contributed by atoms with van der Waals surface area (Å²) in [6, 6.07) is 30.0. The summed E-state index contributed by atoms with van der Waals surface area (Å²) >= 11 is 0. The Morgan fingerprint density at radius 2 is 0.723 bits per heavy atom. The van der Waals surface area contributed by atoms with Gasteiger partial charge in [-0.15, -0.1) is 0 Å². The van der Waals surface area contributed by atoms with E-state index in [9.17, 15) is 49.5 Å². The highest BCUT2D eigenvalue weighted by molar-refractivity contribution is 7.99. The molecule has 1 unspecified atom stereocenters. The molecule has 19 nitrogen and oxygen atoms in total. The Morgan fingerprint density at radius 1 is 0.446 bits per heavy atom. The maximum Gasteiger partial charge on any atom is 0.456 e. The molecule has 330 valence electrons. The van der Waals surface area contributed by atoms with Gasteiger partial charge in [-0.3, -0.25) is 9.05 Å². The smallest absolute Gasteiger partial charge is 0.456 e. The lowest BCUT2D eigenvalue weighted by molar-refractivity contribution is -0.256. The average molecular weight is 935 g/mol. The summed E-state index contributed by atoms with van der Waals surface area (Å²) in [5, 5.41) is 58.6. The maximum absolute atomic E-state index is 11.7. The molecule has 0 spiro atoms. The summed E-state index contributed by atoms with van der Waals surface area (Å²) in [4.78, 5) is 68.4. The van der Waals surface area contributed by atoms with Crippen molar-refractivity contribution in [1.82, 2.24) is 0 Å². The Balaban J connectivity index is 1.52. The van der Waals surface area contributed by atoms with E-state index in [1.54, 1.807) is 18.2 Å². The molecule has 1 heterocycles. The Kier molecular flexibility index (Phi) is 13.2. The Bertz CT molecular complexity index is 2710. The molecule has 1 atom stereocenters. The second-order valence-corrected chi connectivity index (χ2v) is 19.3. The first-order chi connectivity index (χ1) is 31.0. The fourth-order valence-electron chi connectivity index (χ4n) is 5.51. The van der Waals surface area contributed by atoms with E-state index < -0.39 is 53.5 Å². The van der Waals surface area contributed by atoms with Crippen molar-refractivity contribution in [3.8, 4) is 34.5 Å². The number of carbonyl (C=O) groups excluding carboxylic acids is 5. The van der Waals surface area contributed by atoms with Gasteiger partial charge in [-0.25, -0.2) is 0 Å². The van der Waals surface area contributed by atoms with Crippen molar-refractivity contribution < 1.29 is 76.6 Å². The summed E-state index contributed by atoms with van der Waals surface area (Å²) in [6.07, 6.45) is 1.56. The van der Waals surface area contributed by atoms with Gasteiger partial charge < -0.3 is 72.5 Å². The number of hydrogen-bond donors (Lipinski definition) is 0. The van der Waals surface area contributed by atoms with Gasteiger partial charge in [-0.1, -0.05) is 24.8 Å². The van der Waals surface area contributed by atoms with Crippen LogP contribution in [0.2, 0.25) is 0 Å². The SMILES string of the molecule is C=Cc1ccc(O[P+]2(Oc3ccc(C(=O)[O-])cc3)[N-]P(Oc3ccc(C(=O)[O-])cc3)(Oc3ccc(C(=O)[O-])cc3)=N[P+](Oc3ccc(C(=O)[O-])cc3)(Oc3ccc(C(=O)[O-])cc3)[N-]2)cc1. The lowest BCUT2D eigenvalue weighted by atomic mass is 10.2. The molecule has 0 fully saturated rings. The summed E-state index contributed by atoms with van der Waals surface area (Å²) in [6.45, 7) is 3.77. The Labute approximate surface area is 369 Å². The molecule has 1 aliphatic rings. The molecule has 0 radical (unpaired) electrons. The van der Waals surface area contributed by atoms with E-state index in [0.29, 0.717) is 5.56 Å². The first-order valence-electron chi connectivity index (χ1n) is 18.4. The monoisotopic (exact) mass is 934 g/mol. The molecule has 1 aliphatic heterocycles. The molecule has 0 saturated carbocycles. The van der Waals surface area contributed by atoms with E-state index in [4.69, 9.17) is 41.4 Å². The fraction of sp³-hybridized carbons (Fsp3) is 0. The number of rotatable bonds is 18. The van der Waals surface area contributed by atoms with Crippen molar-refractivity contribution in [2.24, 2.45) is 4.52 Å². The van der Waals surface area contributed by atoms with Crippen molar-refractivity contribution in [2.45, 2.75) is 0 Å². The predicted molar refractivity (Wildman–Crippen MR) is 224 cm³/mol. The van der Waals surface area contributed by atoms with E-state index in [0.717, 1.165) is 60.7 Å². The van der Waals surface area contributed by atoms with Crippen LogP contribution in [0.25, 0.3) is 15.8 Å². The Hall–Kier alpha value is -7.78. The molecule has 0 N–H and O–H groups in total. The normalized spacial score (nSPS) is 15.8. The zero-order valence-corrected chi connectivity index (χ0v) is 35.5. The third kappa shape index (κ3) is 11.1. The van der Waals surface area contributed by atoms with Crippen LogP contribution in [0.1, 0.15) is 57.4 Å². The van der Waals surface area contributed by atoms with Crippen LogP contribution in [0.5, 0.6) is 34.5 Å². The van der Waals surface area contributed by atoms with Crippen molar-refractivity contribution >= 4 is 59.6 Å². The average Bonchev–Trinajstić information content (AvgIpc) is 3.27. The van der Waals surface area contributed by atoms with Crippen molar-refractivity contribution in [3.63, 3.8) is 0 Å². The molecule has 22 heteroatoms. The minimum atomic E-state index is -4.69. The van der Waals surface area contributed by atoms with Crippen LogP contribution in [-0.4, -0.2) is 29.8 Å². The molecule has 6 aromatic rings. The topological polar surface area (TPSA) is 297 Å². The zero-order valence-electron chi connectivity index (χ0n) is 32.9. The number of carboxylic acids is 5. The first kappa shape index (κ1) is 45.3. The summed E-state index contributed by atoms with van der Waals surface area (Å²) < 4.78 is 44.1. The van der Waals surface area contributed by atoms with E-state index in [1.807, 2.05) is 0 Å². The number of nitrogens with zero attached hydrogens (tertiary/aromatic N) is 3. The first-order valence-corrected chi connectivity index (χ1v) is 23.0. The van der Waals surface area contributed by atoms with Crippen LogP contribution in [0.15, 0.2) is 157 Å². The quantitative estimate of drug-likeness (QED) is 0.103. The van der Waals surface area contributed by atoms with Gasteiger partial charge in [0.05, 0.1) is 29.8 Å². The van der Waals surface area contributed by atoms with Gasteiger partial charge in [0.2, 0.25) is 0 Å². The van der Waals surface area contributed by atoms with Crippen molar-refractivity contribution in [3.05, 3.63) is 195 Å². The van der Waals surface area contributed by atoms with E-state index >= 15 is 0 Å². The van der Waals surface area contributed by atoms with Crippen LogP contribution in [0.4, 0.5) is 0 Å². The molecule has 7 rings (SSSR count). The van der Waals surface area contributed by atoms with Gasteiger partial charge >= 0.3 is 15.7 Å². The third-order valence-corrected chi connectivity index (χ3v) is 16.7.